The fourth-order valence-electron chi connectivity index (χ4n) is 1.64. The number of H-pyrrole nitrogens is 1. The summed E-state index contributed by atoms with van der Waals surface area (Å²) in [6.45, 7) is 0. The quantitative estimate of drug-likeness (QED) is 0.630. The average Bonchev–Trinajstić information content (AvgIpc) is 2.84. The van der Waals surface area contributed by atoms with Crippen LogP contribution in [0.15, 0.2) is 42.7 Å². The maximum absolute atomic E-state index is 9.33. The van der Waals surface area contributed by atoms with E-state index in [-0.39, 0.29) is 5.75 Å². The first kappa shape index (κ1) is 8.11. The monoisotopic (exact) mass is 199 g/mol. The molecule has 0 saturated carbocycles. The lowest BCUT2D eigenvalue weighted by atomic mass is 10.2. The second-order valence-corrected chi connectivity index (χ2v) is 3.38. The van der Waals surface area contributed by atoms with E-state index in [0.29, 0.717) is 0 Å². The lowest BCUT2D eigenvalue weighted by Crippen LogP contribution is -1.92. The largest absolute Gasteiger partial charge is 0.508 e. The number of nitrogens with one attached hydrogen (secondary N) is 1. The molecule has 0 saturated heterocycles. The van der Waals surface area contributed by atoms with Gasteiger partial charge in [0.25, 0.3) is 0 Å². The highest BCUT2D eigenvalue weighted by Gasteiger charge is 2.02. The highest BCUT2D eigenvalue weighted by molar-refractivity contribution is 5.83. The number of hydrogen-bond donors (Lipinski definition) is 2. The zero-order valence-corrected chi connectivity index (χ0v) is 7.88. The van der Waals surface area contributed by atoms with Gasteiger partial charge in [0.1, 0.15) is 11.6 Å². The molecule has 0 unspecified atom stereocenters. The molecule has 1 aromatic carbocycles. The summed E-state index contributed by atoms with van der Waals surface area (Å²) in [5.74, 6) is 1.16. The minimum absolute atomic E-state index is 0.272. The molecule has 4 heteroatoms. The summed E-state index contributed by atoms with van der Waals surface area (Å²) in [4.78, 5) is 3.21. The van der Waals surface area contributed by atoms with E-state index in [4.69, 9.17) is 0 Å². The molecule has 0 aliphatic heterocycles. The Hall–Kier alpha value is -2.23. The minimum Gasteiger partial charge on any atom is -0.508 e. The number of aromatic nitrogens is 3. The highest BCUT2D eigenvalue weighted by atomic mass is 16.3. The first-order valence-corrected chi connectivity index (χ1v) is 4.65. The van der Waals surface area contributed by atoms with Crippen molar-refractivity contribution in [2.24, 2.45) is 0 Å². The number of aromatic hydroxyl groups is 1. The number of nitrogens with zero attached hydrogens (tertiary/aromatic N) is 2. The van der Waals surface area contributed by atoms with Gasteiger partial charge < -0.3 is 10.1 Å². The van der Waals surface area contributed by atoms with E-state index in [1.807, 2.05) is 24.4 Å². The molecule has 0 aliphatic rings. The van der Waals surface area contributed by atoms with Crippen molar-refractivity contribution >= 4 is 10.9 Å². The van der Waals surface area contributed by atoms with Gasteiger partial charge in [-0.2, -0.15) is 5.10 Å². The van der Waals surface area contributed by atoms with Crippen LogP contribution in [0.5, 0.6) is 5.75 Å². The van der Waals surface area contributed by atoms with Gasteiger partial charge in [-0.05, 0) is 30.3 Å². The number of phenolic OH excluding ortho intramolecular Hbond substituents is 1. The summed E-state index contributed by atoms with van der Waals surface area (Å²) in [7, 11) is 0. The van der Waals surface area contributed by atoms with Gasteiger partial charge in [-0.3, -0.25) is 0 Å². The van der Waals surface area contributed by atoms with E-state index >= 15 is 0 Å². The Bertz CT molecular complexity index is 595. The predicted molar refractivity (Wildman–Crippen MR) is 57.1 cm³/mol. The second kappa shape index (κ2) is 2.88. The molecule has 0 bridgehead atoms. The molecule has 0 spiro atoms. The van der Waals surface area contributed by atoms with E-state index < -0.39 is 0 Å². The van der Waals surface area contributed by atoms with Crippen LogP contribution in [0.4, 0.5) is 0 Å². The predicted octanol–water partition coefficient (Wildman–Crippen LogP) is 2.06. The fourth-order valence-corrected chi connectivity index (χ4v) is 1.64. The maximum Gasteiger partial charge on any atom is 0.132 e. The smallest absolute Gasteiger partial charge is 0.132 e. The van der Waals surface area contributed by atoms with Crippen molar-refractivity contribution in [3.63, 3.8) is 0 Å². The van der Waals surface area contributed by atoms with E-state index in [1.165, 1.54) is 0 Å². The van der Waals surface area contributed by atoms with Crippen LogP contribution in [0.3, 0.4) is 0 Å². The van der Waals surface area contributed by atoms with E-state index in [0.717, 1.165) is 16.7 Å². The van der Waals surface area contributed by atoms with Crippen LogP contribution in [-0.2, 0) is 0 Å². The molecule has 4 nitrogen and oxygen atoms in total. The number of aromatic amines is 1. The van der Waals surface area contributed by atoms with Crippen LogP contribution in [0.25, 0.3) is 16.7 Å². The number of rotatable bonds is 1. The van der Waals surface area contributed by atoms with Crippen molar-refractivity contribution in [1.29, 1.82) is 0 Å². The van der Waals surface area contributed by atoms with Crippen LogP contribution < -0.4 is 0 Å². The maximum atomic E-state index is 9.33. The topological polar surface area (TPSA) is 53.8 Å². The summed E-state index contributed by atoms with van der Waals surface area (Å²) in [6.07, 6.45) is 3.59. The zero-order chi connectivity index (χ0) is 10.3. The number of hydrogen-bond acceptors (Lipinski definition) is 2. The summed E-state index contributed by atoms with van der Waals surface area (Å²) in [5.41, 5.74) is 0.985. The third kappa shape index (κ3) is 1.27. The van der Waals surface area contributed by atoms with Gasteiger partial charge in [0.2, 0.25) is 0 Å². The Morgan fingerprint density at radius 2 is 2.20 bits per heavy atom. The molecule has 0 fully saturated rings. The molecule has 2 heterocycles. The Morgan fingerprint density at radius 3 is 3.00 bits per heavy atom. The summed E-state index contributed by atoms with van der Waals surface area (Å²) < 4.78 is 1.75. The summed E-state index contributed by atoms with van der Waals surface area (Å²) >= 11 is 0. The second-order valence-electron chi connectivity index (χ2n) is 3.38. The molecule has 0 radical (unpaired) electrons. The van der Waals surface area contributed by atoms with Crippen molar-refractivity contribution in [3.8, 4) is 11.6 Å². The number of benzene rings is 1. The molecule has 15 heavy (non-hydrogen) atoms. The van der Waals surface area contributed by atoms with Crippen molar-refractivity contribution in [1.82, 2.24) is 14.8 Å². The third-order valence-electron chi connectivity index (χ3n) is 2.34. The summed E-state index contributed by atoms with van der Waals surface area (Å²) in [5, 5.41) is 14.4. The van der Waals surface area contributed by atoms with Crippen molar-refractivity contribution in [2.75, 3.05) is 0 Å². The SMILES string of the molecule is Oc1ccc2[nH]c(-n3cccn3)cc2c1. The van der Waals surface area contributed by atoms with Crippen LogP contribution in [0, 0.1) is 0 Å². The molecular weight excluding hydrogens is 190 g/mol. The van der Waals surface area contributed by atoms with E-state index in [1.54, 1.807) is 23.0 Å². The molecule has 0 aliphatic carbocycles. The first-order chi connectivity index (χ1) is 7.33. The molecule has 2 N–H and O–H groups in total. The number of fused-ring (bicyclic) bond motifs is 1. The Labute approximate surface area is 85.8 Å². The van der Waals surface area contributed by atoms with Gasteiger partial charge in [-0.25, -0.2) is 4.68 Å². The van der Waals surface area contributed by atoms with Crippen molar-refractivity contribution < 1.29 is 5.11 Å². The van der Waals surface area contributed by atoms with Gasteiger partial charge in [-0.15, -0.1) is 0 Å². The highest BCUT2D eigenvalue weighted by Crippen LogP contribution is 2.21. The van der Waals surface area contributed by atoms with Crippen molar-refractivity contribution in [3.05, 3.63) is 42.7 Å². The lowest BCUT2D eigenvalue weighted by Gasteiger charge is -1.93. The van der Waals surface area contributed by atoms with Gasteiger partial charge >= 0.3 is 0 Å². The van der Waals surface area contributed by atoms with Gasteiger partial charge in [0.15, 0.2) is 0 Å². The van der Waals surface area contributed by atoms with E-state index in [2.05, 4.69) is 10.1 Å². The normalized spacial score (nSPS) is 10.9. The minimum atomic E-state index is 0.272. The zero-order valence-electron chi connectivity index (χ0n) is 7.88. The lowest BCUT2D eigenvalue weighted by molar-refractivity contribution is 0.476. The van der Waals surface area contributed by atoms with Crippen LogP contribution in [0.2, 0.25) is 0 Å². The van der Waals surface area contributed by atoms with E-state index in [9.17, 15) is 5.11 Å². The molecule has 0 atom stereocenters. The average molecular weight is 199 g/mol. The van der Waals surface area contributed by atoms with Gasteiger partial charge in [0, 0.05) is 23.3 Å². The van der Waals surface area contributed by atoms with Crippen LogP contribution in [-0.4, -0.2) is 19.9 Å². The molecule has 74 valence electrons. The fraction of sp³-hybridized carbons (Fsp3) is 0. The molecule has 0 amide bonds. The van der Waals surface area contributed by atoms with Gasteiger partial charge in [0.05, 0.1) is 0 Å². The Kier molecular flexibility index (Phi) is 1.56. The summed E-state index contributed by atoms with van der Waals surface area (Å²) in [6, 6.07) is 9.03. The van der Waals surface area contributed by atoms with Crippen molar-refractivity contribution in [2.45, 2.75) is 0 Å². The third-order valence-corrected chi connectivity index (χ3v) is 2.34. The molecular formula is C11H9N3O. The molecule has 2 aromatic heterocycles. The molecule has 3 aromatic rings. The standard InChI is InChI=1S/C11H9N3O/c15-9-2-3-10-8(6-9)7-11(13-10)14-5-1-4-12-14/h1-7,13,15H. The molecule has 3 rings (SSSR count). The first-order valence-electron chi connectivity index (χ1n) is 4.65. The Morgan fingerprint density at radius 1 is 1.27 bits per heavy atom. The van der Waals surface area contributed by atoms with Gasteiger partial charge in [-0.1, -0.05) is 0 Å². The Balaban J connectivity index is 2.22. The van der Waals surface area contributed by atoms with Crippen LogP contribution >= 0.6 is 0 Å². The van der Waals surface area contributed by atoms with Crippen LogP contribution in [0.1, 0.15) is 0 Å². The number of phenols is 1.